The van der Waals surface area contributed by atoms with Gasteiger partial charge >= 0.3 is 0 Å². The summed E-state index contributed by atoms with van der Waals surface area (Å²) in [6, 6.07) is 0. The Hall–Kier alpha value is 0.394. The fourth-order valence-electron chi connectivity index (χ4n) is 3.16. The molecule has 0 aromatic heterocycles. The highest BCUT2D eigenvalue weighted by molar-refractivity contribution is 6.95. The van der Waals surface area contributed by atoms with E-state index in [1.165, 1.54) is 0 Å². The average molecular weight is 288 g/mol. The van der Waals surface area contributed by atoms with Gasteiger partial charge in [0.1, 0.15) is 16.5 Å². The Labute approximate surface area is 118 Å². The van der Waals surface area contributed by atoms with E-state index in [-0.39, 0.29) is 0 Å². The molecule has 0 heterocycles. The summed E-state index contributed by atoms with van der Waals surface area (Å²) >= 11 is 0. The van der Waals surface area contributed by atoms with Crippen LogP contribution < -0.4 is 4.65 Å². The summed E-state index contributed by atoms with van der Waals surface area (Å²) < 4.78 is 4.32. The van der Waals surface area contributed by atoms with Gasteiger partial charge in [-0.2, -0.15) is 0 Å². The average Bonchev–Trinajstić information content (AvgIpc) is 2.10. The first-order chi connectivity index (χ1) is 7.79. The molecule has 0 saturated heterocycles. The first kappa shape index (κ1) is 18.4. The topological polar surface area (TPSA) is 12.0 Å². The Balaban J connectivity index is 5.52. The van der Waals surface area contributed by atoms with Crippen LogP contribution in [0.2, 0.25) is 34.8 Å². The van der Waals surface area contributed by atoms with Crippen LogP contribution in [-0.2, 0) is 0 Å². The lowest BCUT2D eigenvalue weighted by Gasteiger charge is -2.52. The molecule has 0 spiro atoms. The van der Waals surface area contributed by atoms with Crippen molar-refractivity contribution in [3.8, 4) is 0 Å². The van der Waals surface area contributed by atoms with Gasteiger partial charge in [-0.1, -0.05) is 75.4 Å². The number of rotatable bonds is 5. The van der Waals surface area contributed by atoms with E-state index in [2.05, 4.69) is 80.1 Å². The van der Waals surface area contributed by atoms with E-state index in [9.17, 15) is 0 Å². The maximum atomic E-state index is 4.32. The second-order valence-corrected chi connectivity index (χ2v) is 19.5. The zero-order chi connectivity index (χ0) is 14.9. The van der Waals surface area contributed by atoms with Gasteiger partial charge in [0, 0.05) is 0 Å². The Morgan fingerprint density at radius 2 is 1.00 bits per heavy atom. The third-order valence-corrected chi connectivity index (χ3v) is 19.0. The number of nitrogens with one attached hydrogen (secondary N) is 1. The molecule has 0 rings (SSSR count). The van der Waals surface area contributed by atoms with Gasteiger partial charge in [-0.25, -0.2) is 0 Å². The molecule has 0 atom stereocenters. The fourth-order valence-corrected chi connectivity index (χ4v) is 16.5. The summed E-state index contributed by atoms with van der Waals surface area (Å²) in [7, 11) is -2.88. The molecule has 0 aromatic rings. The van der Waals surface area contributed by atoms with Gasteiger partial charge < -0.3 is 4.65 Å². The molecule has 18 heavy (non-hydrogen) atoms. The predicted octanol–water partition coefficient (Wildman–Crippen LogP) is 5.76. The van der Waals surface area contributed by atoms with Crippen molar-refractivity contribution in [2.24, 2.45) is 0 Å². The highest BCUT2D eigenvalue weighted by Gasteiger charge is 2.49. The van der Waals surface area contributed by atoms with Crippen LogP contribution in [0.25, 0.3) is 0 Å². The maximum absolute atomic E-state index is 4.32. The lowest BCUT2D eigenvalue weighted by atomic mass is 10.2. The molecule has 0 aliphatic carbocycles. The summed E-state index contributed by atoms with van der Waals surface area (Å²) in [5.74, 6) is 0. The molecule has 0 aliphatic rings. The first-order valence-electron chi connectivity index (χ1n) is 7.58. The minimum atomic E-state index is -1.46. The third-order valence-electron chi connectivity index (χ3n) is 5.27. The van der Waals surface area contributed by atoms with Crippen LogP contribution in [-0.4, -0.2) is 16.5 Å². The number of hydrogen-bond donors (Lipinski definition) is 1. The second kappa shape index (κ2) is 5.80. The van der Waals surface area contributed by atoms with Crippen LogP contribution in [0.1, 0.15) is 62.3 Å². The Morgan fingerprint density at radius 3 is 1.17 bits per heavy atom. The van der Waals surface area contributed by atoms with E-state index in [1.54, 1.807) is 0 Å². The van der Waals surface area contributed by atoms with Gasteiger partial charge in [-0.15, -0.1) is 0 Å². The van der Waals surface area contributed by atoms with E-state index in [1.807, 2.05) is 0 Å². The molecule has 1 N–H and O–H groups in total. The Bertz CT molecular complexity index is 240. The maximum Gasteiger partial charge on any atom is 0.126 e. The molecule has 0 fully saturated rings. The van der Waals surface area contributed by atoms with E-state index in [4.69, 9.17) is 0 Å². The van der Waals surface area contributed by atoms with Crippen LogP contribution in [0.5, 0.6) is 0 Å². The van der Waals surface area contributed by atoms with Crippen molar-refractivity contribution in [3.05, 3.63) is 0 Å². The number of hydrogen-bond acceptors (Lipinski definition) is 1. The van der Waals surface area contributed by atoms with Crippen molar-refractivity contribution in [1.29, 1.82) is 0 Å². The van der Waals surface area contributed by atoms with E-state index >= 15 is 0 Å². The van der Waals surface area contributed by atoms with Crippen molar-refractivity contribution < 1.29 is 0 Å². The molecule has 0 amide bonds. The molecule has 0 aliphatic heterocycles. The van der Waals surface area contributed by atoms with Crippen LogP contribution in [0.4, 0.5) is 0 Å². The molecule has 0 bridgehead atoms. The lowest BCUT2D eigenvalue weighted by molar-refractivity contribution is 0.695. The first-order valence-corrected chi connectivity index (χ1v) is 12.8. The normalized spacial score (nSPS) is 15.0. The fraction of sp³-hybridized carbons (Fsp3) is 1.00. The Morgan fingerprint density at radius 1 is 0.722 bits per heavy atom. The van der Waals surface area contributed by atoms with Crippen LogP contribution >= 0.6 is 0 Å². The summed E-state index contributed by atoms with van der Waals surface area (Å²) in [6.45, 7) is 26.9. The van der Waals surface area contributed by atoms with Gasteiger partial charge in [-0.05, 0) is 21.7 Å². The van der Waals surface area contributed by atoms with E-state index < -0.39 is 16.5 Å². The molecule has 0 saturated carbocycles. The predicted molar refractivity (Wildman–Crippen MR) is 91.4 cm³/mol. The molecular formula is C15H37NSi2. The largest absolute Gasteiger partial charge is 0.358 e. The van der Waals surface area contributed by atoms with Crippen molar-refractivity contribution in [1.82, 2.24) is 4.65 Å². The van der Waals surface area contributed by atoms with Crippen LogP contribution in [0, 0.1) is 0 Å². The van der Waals surface area contributed by atoms with Gasteiger partial charge in [0.2, 0.25) is 0 Å². The van der Waals surface area contributed by atoms with Gasteiger partial charge in [0.05, 0.1) is 0 Å². The van der Waals surface area contributed by atoms with Crippen LogP contribution in [0.15, 0.2) is 0 Å². The summed E-state index contributed by atoms with van der Waals surface area (Å²) in [5.41, 5.74) is 2.39. The van der Waals surface area contributed by atoms with Crippen molar-refractivity contribution in [2.75, 3.05) is 0 Å². The Kier molecular flexibility index (Phi) is 5.93. The molecule has 3 heteroatoms. The molecule has 1 nitrogen and oxygen atoms in total. The zero-order valence-corrected chi connectivity index (χ0v) is 16.7. The SMILES string of the molecule is CC(C)[Si](N[Si](C)(C)C(C)(C)C)(C(C)C)C(C)C. The summed E-state index contributed by atoms with van der Waals surface area (Å²) in [5, 5.41) is 0.421. The highest BCUT2D eigenvalue weighted by atomic mass is 28.4. The van der Waals surface area contributed by atoms with Gasteiger partial charge in [-0.3, -0.25) is 0 Å². The van der Waals surface area contributed by atoms with E-state index in [0.29, 0.717) is 5.04 Å². The highest BCUT2D eigenvalue weighted by Crippen LogP contribution is 2.43. The second-order valence-electron chi connectivity index (χ2n) is 8.40. The van der Waals surface area contributed by atoms with Crippen molar-refractivity contribution in [3.63, 3.8) is 0 Å². The van der Waals surface area contributed by atoms with Crippen LogP contribution in [0.3, 0.4) is 0 Å². The minimum Gasteiger partial charge on any atom is -0.358 e. The molecule has 0 unspecified atom stereocenters. The van der Waals surface area contributed by atoms with Gasteiger partial charge in [0.15, 0.2) is 0 Å². The molecule has 0 radical (unpaired) electrons. The molecular weight excluding hydrogens is 250 g/mol. The summed E-state index contributed by atoms with van der Waals surface area (Å²) in [4.78, 5) is 0. The third kappa shape index (κ3) is 3.48. The quantitative estimate of drug-likeness (QED) is 0.634. The van der Waals surface area contributed by atoms with Crippen molar-refractivity contribution in [2.45, 2.75) is 97.1 Å². The molecule has 110 valence electrons. The zero-order valence-electron chi connectivity index (χ0n) is 14.7. The monoisotopic (exact) mass is 287 g/mol. The minimum absolute atomic E-state index is 0.421. The summed E-state index contributed by atoms with van der Waals surface area (Å²) in [6.07, 6.45) is 0. The molecule has 0 aromatic carbocycles. The van der Waals surface area contributed by atoms with Crippen molar-refractivity contribution >= 4 is 16.5 Å². The smallest absolute Gasteiger partial charge is 0.126 e. The lowest BCUT2D eigenvalue weighted by Crippen LogP contribution is -2.69. The van der Waals surface area contributed by atoms with E-state index in [0.717, 1.165) is 16.6 Å². The standard InChI is InChI=1S/C15H37NSi2/c1-12(2)18(13(3)4,14(5)6)16-17(10,11)15(7,8)9/h12-14,16H,1-11H3. The van der Waals surface area contributed by atoms with Gasteiger partial charge in [0.25, 0.3) is 0 Å².